The fourth-order valence-corrected chi connectivity index (χ4v) is 4.27. The Bertz CT molecular complexity index is 796. The van der Waals surface area contributed by atoms with Gasteiger partial charge in [-0.05, 0) is 48.3 Å². The quantitative estimate of drug-likeness (QED) is 0.571. The van der Waals surface area contributed by atoms with E-state index in [2.05, 4.69) is 36.4 Å². The molecule has 0 amide bonds. The molecule has 148 valence electrons. The Hall–Kier alpha value is -2.42. The minimum atomic E-state index is -0.827. The van der Waals surface area contributed by atoms with E-state index < -0.39 is 11.9 Å². The third kappa shape index (κ3) is 4.89. The molecule has 0 heterocycles. The number of benzene rings is 2. The van der Waals surface area contributed by atoms with Crippen LogP contribution in [0.3, 0.4) is 0 Å². The van der Waals surface area contributed by atoms with Crippen LogP contribution < -0.4 is 0 Å². The van der Waals surface area contributed by atoms with E-state index in [-0.39, 0.29) is 18.1 Å². The number of carbonyl (C=O) groups excluding carboxylic acids is 1. The number of carboxylic acid groups (broad SMARTS) is 1. The minimum Gasteiger partial charge on any atom is -0.481 e. The normalized spacial score (nSPS) is 19.6. The van der Waals surface area contributed by atoms with E-state index >= 15 is 0 Å². The van der Waals surface area contributed by atoms with Gasteiger partial charge in [0.15, 0.2) is 0 Å². The molecular formula is C25H30O3. The summed E-state index contributed by atoms with van der Waals surface area (Å²) in [4.78, 5) is 24.3. The average molecular weight is 379 g/mol. The Labute approximate surface area is 167 Å². The van der Waals surface area contributed by atoms with Crippen molar-refractivity contribution in [2.45, 2.75) is 51.9 Å². The van der Waals surface area contributed by atoms with Gasteiger partial charge in [-0.1, -0.05) is 74.4 Å². The highest BCUT2D eigenvalue weighted by Crippen LogP contribution is 2.40. The maximum Gasteiger partial charge on any atom is 0.306 e. The highest BCUT2D eigenvalue weighted by atomic mass is 16.4. The fraction of sp³-hybridized carbons (Fsp3) is 0.440. The third-order valence-corrected chi connectivity index (χ3v) is 6.12. The zero-order chi connectivity index (χ0) is 19.9. The molecule has 2 aromatic carbocycles. The monoisotopic (exact) mass is 378 g/mol. The third-order valence-electron chi connectivity index (χ3n) is 6.12. The molecule has 0 radical (unpaired) electrons. The summed E-state index contributed by atoms with van der Waals surface area (Å²) in [7, 11) is 0. The van der Waals surface area contributed by atoms with Gasteiger partial charge in [0.05, 0.1) is 5.92 Å². The number of rotatable bonds is 10. The number of ketones is 1. The highest BCUT2D eigenvalue weighted by Gasteiger charge is 2.37. The van der Waals surface area contributed by atoms with E-state index in [1.54, 1.807) is 0 Å². The standard InChI is InChI=1S/C25H30O3/c1-2-3-9-21(25(27)28)17-24(26)23-15-14-20(23)16-19-12-7-8-13-22(19)18-10-5-4-6-11-18/h4-8,10-13,20-21,23H,2-3,9,14-17H2,1H3,(H,27,28). The zero-order valence-corrected chi connectivity index (χ0v) is 16.6. The topological polar surface area (TPSA) is 54.4 Å². The molecule has 3 unspecified atom stereocenters. The number of carbonyl (C=O) groups is 2. The summed E-state index contributed by atoms with van der Waals surface area (Å²) in [5.41, 5.74) is 3.70. The largest absolute Gasteiger partial charge is 0.481 e. The summed E-state index contributed by atoms with van der Waals surface area (Å²) >= 11 is 0. The second kappa shape index (κ2) is 9.68. The van der Waals surface area contributed by atoms with Gasteiger partial charge < -0.3 is 5.11 Å². The number of hydrogen-bond acceptors (Lipinski definition) is 2. The van der Waals surface area contributed by atoms with Crippen LogP contribution in [-0.4, -0.2) is 16.9 Å². The molecule has 0 aliphatic heterocycles. The molecule has 1 saturated carbocycles. The molecule has 28 heavy (non-hydrogen) atoms. The molecule has 0 bridgehead atoms. The number of Topliss-reactive ketones (excluding diaryl/α,β-unsaturated/α-hetero) is 1. The smallest absolute Gasteiger partial charge is 0.306 e. The molecular weight excluding hydrogens is 348 g/mol. The van der Waals surface area contributed by atoms with Gasteiger partial charge in [-0.25, -0.2) is 0 Å². The first kappa shape index (κ1) is 20.3. The van der Waals surface area contributed by atoms with Crippen LogP contribution in [-0.2, 0) is 16.0 Å². The van der Waals surface area contributed by atoms with E-state index in [9.17, 15) is 14.7 Å². The summed E-state index contributed by atoms with van der Waals surface area (Å²) in [6.45, 7) is 2.05. The molecule has 3 nitrogen and oxygen atoms in total. The van der Waals surface area contributed by atoms with Crippen molar-refractivity contribution >= 4 is 11.8 Å². The van der Waals surface area contributed by atoms with Crippen LogP contribution >= 0.6 is 0 Å². The molecule has 1 fully saturated rings. The number of aliphatic carboxylic acids is 1. The van der Waals surface area contributed by atoms with Crippen molar-refractivity contribution in [3.05, 3.63) is 60.2 Å². The number of unbranched alkanes of at least 4 members (excludes halogenated alkanes) is 1. The molecule has 0 spiro atoms. The molecule has 2 aromatic rings. The molecule has 3 atom stereocenters. The number of carboxylic acids is 1. The fourth-order valence-electron chi connectivity index (χ4n) is 4.27. The summed E-state index contributed by atoms with van der Waals surface area (Å²) in [5, 5.41) is 9.43. The van der Waals surface area contributed by atoms with E-state index in [1.807, 2.05) is 25.1 Å². The second-order valence-corrected chi connectivity index (χ2v) is 8.02. The van der Waals surface area contributed by atoms with Crippen LogP contribution in [0, 0.1) is 17.8 Å². The van der Waals surface area contributed by atoms with Crippen molar-refractivity contribution in [3.63, 3.8) is 0 Å². The molecule has 3 rings (SSSR count). The second-order valence-electron chi connectivity index (χ2n) is 8.02. The molecule has 1 aliphatic rings. The van der Waals surface area contributed by atoms with Gasteiger partial charge in [0, 0.05) is 12.3 Å². The molecule has 1 N–H and O–H groups in total. The first-order chi connectivity index (χ1) is 13.6. The number of hydrogen-bond donors (Lipinski definition) is 1. The van der Waals surface area contributed by atoms with Crippen LogP contribution in [0.15, 0.2) is 54.6 Å². The summed E-state index contributed by atoms with van der Waals surface area (Å²) in [5.74, 6) is -0.848. The molecule has 3 heteroatoms. The summed E-state index contributed by atoms with van der Waals surface area (Å²) in [6, 6.07) is 18.8. The highest BCUT2D eigenvalue weighted by molar-refractivity contribution is 5.86. The Morgan fingerprint density at radius 2 is 1.75 bits per heavy atom. The Kier molecular flexibility index (Phi) is 7.02. The van der Waals surface area contributed by atoms with Gasteiger partial charge in [-0.15, -0.1) is 0 Å². The molecule has 0 saturated heterocycles. The molecule has 1 aliphatic carbocycles. The van der Waals surface area contributed by atoms with Crippen molar-refractivity contribution < 1.29 is 14.7 Å². The Morgan fingerprint density at radius 3 is 2.39 bits per heavy atom. The van der Waals surface area contributed by atoms with E-state index in [0.717, 1.165) is 32.1 Å². The summed E-state index contributed by atoms with van der Waals surface area (Å²) < 4.78 is 0. The van der Waals surface area contributed by atoms with Gasteiger partial charge in [-0.2, -0.15) is 0 Å². The first-order valence-corrected chi connectivity index (χ1v) is 10.5. The SMILES string of the molecule is CCCCC(CC(=O)C1CCC1Cc1ccccc1-c1ccccc1)C(=O)O. The lowest BCUT2D eigenvalue weighted by Gasteiger charge is -2.36. The predicted octanol–water partition coefficient (Wildman–Crippen LogP) is 5.77. The van der Waals surface area contributed by atoms with Gasteiger partial charge in [0.25, 0.3) is 0 Å². The van der Waals surface area contributed by atoms with Crippen LogP contribution in [0.4, 0.5) is 0 Å². The lowest BCUT2D eigenvalue weighted by molar-refractivity contribution is -0.145. The van der Waals surface area contributed by atoms with Crippen LogP contribution in [0.1, 0.15) is 51.0 Å². The Morgan fingerprint density at radius 1 is 1.04 bits per heavy atom. The van der Waals surface area contributed by atoms with Crippen molar-refractivity contribution in [2.75, 3.05) is 0 Å². The van der Waals surface area contributed by atoms with Crippen molar-refractivity contribution in [2.24, 2.45) is 17.8 Å². The van der Waals surface area contributed by atoms with Crippen LogP contribution in [0.25, 0.3) is 11.1 Å². The van der Waals surface area contributed by atoms with Gasteiger partial charge in [0.2, 0.25) is 0 Å². The van der Waals surface area contributed by atoms with Gasteiger partial charge in [-0.3, -0.25) is 9.59 Å². The minimum absolute atomic E-state index is 0.0207. The first-order valence-electron chi connectivity index (χ1n) is 10.5. The van der Waals surface area contributed by atoms with E-state index in [0.29, 0.717) is 12.3 Å². The van der Waals surface area contributed by atoms with Crippen molar-refractivity contribution in [3.8, 4) is 11.1 Å². The molecule has 0 aromatic heterocycles. The van der Waals surface area contributed by atoms with Crippen LogP contribution in [0.2, 0.25) is 0 Å². The average Bonchev–Trinajstić information content (AvgIpc) is 2.69. The maximum absolute atomic E-state index is 12.8. The summed E-state index contributed by atoms with van der Waals surface area (Å²) in [6.07, 6.45) is 5.45. The van der Waals surface area contributed by atoms with Gasteiger partial charge >= 0.3 is 5.97 Å². The van der Waals surface area contributed by atoms with Crippen LogP contribution in [0.5, 0.6) is 0 Å². The predicted molar refractivity (Wildman–Crippen MR) is 112 cm³/mol. The van der Waals surface area contributed by atoms with Crippen molar-refractivity contribution in [1.82, 2.24) is 0 Å². The lowest BCUT2D eigenvalue weighted by Crippen LogP contribution is -2.36. The lowest BCUT2D eigenvalue weighted by atomic mass is 9.67. The van der Waals surface area contributed by atoms with Crippen molar-refractivity contribution in [1.29, 1.82) is 0 Å². The van der Waals surface area contributed by atoms with Gasteiger partial charge in [0.1, 0.15) is 5.78 Å². The zero-order valence-electron chi connectivity index (χ0n) is 16.6. The Balaban J connectivity index is 1.67. The van der Waals surface area contributed by atoms with E-state index in [4.69, 9.17) is 0 Å². The van der Waals surface area contributed by atoms with E-state index in [1.165, 1.54) is 16.7 Å². The maximum atomic E-state index is 12.8.